The molecular weight excluding hydrogens is 456 g/mol. The van der Waals surface area contributed by atoms with Crippen molar-refractivity contribution in [3.63, 3.8) is 0 Å². The van der Waals surface area contributed by atoms with E-state index in [2.05, 4.69) is 4.90 Å². The Bertz CT molecular complexity index is 1170. The number of rotatable bonds is 6. The average molecular weight is 479 g/mol. The molecule has 0 N–H and O–H groups in total. The number of sulfone groups is 1. The highest BCUT2D eigenvalue weighted by molar-refractivity contribution is 7.92. The quantitative estimate of drug-likeness (QED) is 0.500. The molecule has 0 radical (unpaired) electrons. The molecule has 1 aliphatic rings. The third-order valence-electron chi connectivity index (χ3n) is 5.45. The van der Waals surface area contributed by atoms with Crippen LogP contribution in [0.3, 0.4) is 0 Å². The van der Waals surface area contributed by atoms with Crippen LogP contribution >= 0.6 is 22.9 Å². The Labute approximate surface area is 191 Å². The molecule has 0 amide bonds. The van der Waals surface area contributed by atoms with E-state index in [0.717, 1.165) is 16.4 Å². The zero-order valence-electron chi connectivity index (χ0n) is 17.2. The SMILES string of the molecule is COc1ccc(-c2csc(N3CCC(S(=O)(=O)c4cccc(Cl)c4)CC3)n2)cc1OC. The van der Waals surface area contributed by atoms with Crippen molar-refractivity contribution in [2.24, 2.45) is 0 Å². The van der Waals surface area contributed by atoms with Crippen LogP contribution < -0.4 is 14.4 Å². The first-order valence-corrected chi connectivity index (χ1v) is 12.6. The van der Waals surface area contributed by atoms with Crippen molar-refractivity contribution in [2.45, 2.75) is 23.0 Å². The van der Waals surface area contributed by atoms with Gasteiger partial charge in [0.25, 0.3) is 0 Å². The normalized spacial score (nSPS) is 15.1. The number of thiazole rings is 1. The zero-order valence-corrected chi connectivity index (χ0v) is 19.6. The van der Waals surface area contributed by atoms with E-state index in [0.29, 0.717) is 47.3 Å². The molecule has 0 aliphatic carbocycles. The molecular formula is C22H23ClN2O4S2. The Morgan fingerprint density at radius 2 is 1.81 bits per heavy atom. The molecule has 31 heavy (non-hydrogen) atoms. The molecule has 0 spiro atoms. The van der Waals surface area contributed by atoms with Gasteiger partial charge in [-0.15, -0.1) is 11.3 Å². The summed E-state index contributed by atoms with van der Waals surface area (Å²) in [6.07, 6.45) is 1.11. The van der Waals surface area contributed by atoms with Gasteiger partial charge >= 0.3 is 0 Å². The number of hydrogen-bond acceptors (Lipinski definition) is 7. The Balaban J connectivity index is 1.46. The highest BCUT2D eigenvalue weighted by atomic mass is 35.5. The van der Waals surface area contributed by atoms with Crippen molar-refractivity contribution in [3.8, 4) is 22.8 Å². The summed E-state index contributed by atoms with van der Waals surface area (Å²) < 4.78 is 36.6. The smallest absolute Gasteiger partial charge is 0.185 e. The number of hydrogen-bond donors (Lipinski definition) is 0. The molecule has 0 bridgehead atoms. The standard InChI is InChI=1S/C22H23ClN2O4S2/c1-28-20-7-6-15(12-21(20)29-2)19-14-30-22(24-19)25-10-8-17(9-11-25)31(26,27)18-5-3-4-16(23)13-18/h3-7,12-14,17H,8-11H2,1-2H3. The molecule has 3 aromatic rings. The molecule has 1 fully saturated rings. The van der Waals surface area contributed by atoms with Gasteiger partial charge in [-0.1, -0.05) is 17.7 Å². The maximum Gasteiger partial charge on any atom is 0.185 e. The summed E-state index contributed by atoms with van der Waals surface area (Å²) in [6, 6.07) is 12.2. The molecule has 0 saturated carbocycles. The maximum absolute atomic E-state index is 13.0. The van der Waals surface area contributed by atoms with Crippen LogP contribution in [0.15, 0.2) is 52.7 Å². The van der Waals surface area contributed by atoms with Gasteiger partial charge in [-0.05, 0) is 49.2 Å². The van der Waals surface area contributed by atoms with E-state index < -0.39 is 15.1 Å². The highest BCUT2D eigenvalue weighted by Crippen LogP contribution is 2.35. The van der Waals surface area contributed by atoms with Gasteiger partial charge in [-0.2, -0.15) is 0 Å². The number of ether oxygens (including phenoxy) is 2. The fourth-order valence-electron chi connectivity index (χ4n) is 3.73. The van der Waals surface area contributed by atoms with Gasteiger partial charge in [0.05, 0.1) is 30.1 Å². The summed E-state index contributed by atoms with van der Waals surface area (Å²) in [5.41, 5.74) is 1.80. The van der Waals surface area contributed by atoms with Crippen molar-refractivity contribution < 1.29 is 17.9 Å². The fraction of sp³-hybridized carbons (Fsp3) is 0.318. The van der Waals surface area contributed by atoms with Crippen molar-refractivity contribution in [3.05, 3.63) is 52.9 Å². The average Bonchev–Trinajstić information content (AvgIpc) is 3.29. The highest BCUT2D eigenvalue weighted by Gasteiger charge is 2.32. The molecule has 1 aromatic heterocycles. The van der Waals surface area contributed by atoms with Crippen LogP contribution in [0.5, 0.6) is 11.5 Å². The van der Waals surface area contributed by atoms with Crippen LogP contribution in [-0.4, -0.2) is 46.0 Å². The fourth-order valence-corrected chi connectivity index (χ4v) is 6.65. The minimum atomic E-state index is -3.40. The molecule has 1 saturated heterocycles. The van der Waals surface area contributed by atoms with Gasteiger partial charge in [0.2, 0.25) is 0 Å². The third kappa shape index (κ3) is 4.51. The van der Waals surface area contributed by atoms with Crippen LogP contribution in [0, 0.1) is 0 Å². The van der Waals surface area contributed by atoms with E-state index >= 15 is 0 Å². The largest absolute Gasteiger partial charge is 0.493 e. The summed E-state index contributed by atoms with van der Waals surface area (Å²) in [5.74, 6) is 1.33. The second-order valence-corrected chi connectivity index (χ2v) is 10.8. The summed E-state index contributed by atoms with van der Waals surface area (Å²) >= 11 is 7.54. The van der Waals surface area contributed by atoms with Crippen LogP contribution in [-0.2, 0) is 9.84 Å². The van der Waals surface area contributed by atoms with Crippen molar-refractivity contribution >= 4 is 37.9 Å². The van der Waals surface area contributed by atoms with E-state index in [1.54, 1.807) is 43.8 Å². The zero-order chi connectivity index (χ0) is 22.0. The Morgan fingerprint density at radius 3 is 2.48 bits per heavy atom. The summed E-state index contributed by atoms with van der Waals surface area (Å²) in [5, 5.41) is 2.92. The molecule has 6 nitrogen and oxygen atoms in total. The van der Waals surface area contributed by atoms with Gasteiger partial charge in [0.15, 0.2) is 26.5 Å². The van der Waals surface area contributed by atoms with Crippen molar-refractivity contribution in [1.82, 2.24) is 4.98 Å². The predicted octanol–water partition coefficient (Wildman–Crippen LogP) is 4.92. The van der Waals surface area contributed by atoms with Gasteiger partial charge < -0.3 is 14.4 Å². The third-order valence-corrected chi connectivity index (χ3v) is 8.84. The number of methoxy groups -OCH3 is 2. The first-order chi connectivity index (χ1) is 14.9. The first kappa shape index (κ1) is 21.9. The Morgan fingerprint density at radius 1 is 1.06 bits per heavy atom. The topological polar surface area (TPSA) is 68.7 Å². The molecule has 2 aromatic carbocycles. The van der Waals surface area contributed by atoms with Crippen LogP contribution in [0.4, 0.5) is 5.13 Å². The molecule has 4 rings (SSSR count). The maximum atomic E-state index is 13.0. The van der Waals surface area contributed by atoms with Gasteiger partial charge in [0.1, 0.15) is 0 Å². The van der Waals surface area contributed by atoms with Crippen LogP contribution in [0.25, 0.3) is 11.3 Å². The molecule has 1 aliphatic heterocycles. The van der Waals surface area contributed by atoms with E-state index in [4.69, 9.17) is 26.1 Å². The van der Waals surface area contributed by atoms with E-state index in [1.807, 2.05) is 23.6 Å². The number of anilines is 1. The van der Waals surface area contributed by atoms with E-state index in [9.17, 15) is 8.42 Å². The monoisotopic (exact) mass is 478 g/mol. The lowest BCUT2D eigenvalue weighted by Crippen LogP contribution is -2.39. The number of piperidine rings is 1. The Hall–Kier alpha value is -2.29. The molecule has 0 unspecified atom stereocenters. The number of benzene rings is 2. The van der Waals surface area contributed by atoms with Crippen molar-refractivity contribution in [2.75, 3.05) is 32.2 Å². The lowest BCUT2D eigenvalue weighted by Gasteiger charge is -2.31. The van der Waals surface area contributed by atoms with E-state index in [-0.39, 0.29) is 0 Å². The number of aromatic nitrogens is 1. The molecule has 9 heteroatoms. The minimum Gasteiger partial charge on any atom is -0.493 e. The molecule has 2 heterocycles. The molecule has 0 atom stereocenters. The minimum absolute atomic E-state index is 0.295. The number of halogens is 1. The van der Waals surface area contributed by atoms with Gasteiger partial charge in [-0.3, -0.25) is 0 Å². The number of nitrogens with zero attached hydrogens (tertiary/aromatic N) is 2. The second-order valence-electron chi connectivity index (χ2n) is 7.27. The summed E-state index contributed by atoms with van der Waals surface area (Å²) in [4.78, 5) is 7.22. The van der Waals surface area contributed by atoms with Crippen LogP contribution in [0.2, 0.25) is 5.02 Å². The Kier molecular flexibility index (Phi) is 6.41. The van der Waals surface area contributed by atoms with Crippen LogP contribution in [0.1, 0.15) is 12.8 Å². The second kappa shape index (κ2) is 9.06. The molecule has 164 valence electrons. The lowest BCUT2D eigenvalue weighted by atomic mass is 10.1. The van der Waals surface area contributed by atoms with Crippen molar-refractivity contribution in [1.29, 1.82) is 0 Å². The summed E-state index contributed by atoms with van der Waals surface area (Å²) in [6.45, 7) is 1.28. The lowest BCUT2D eigenvalue weighted by molar-refractivity contribution is 0.355. The van der Waals surface area contributed by atoms with E-state index in [1.165, 1.54) is 6.07 Å². The predicted molar refractivity (Wildman–Crippen MR) is 125 cm³/mol. The van der Waals surface area contributed by atoms with Gasteiger partial charge in [0, 0.05) is 29.1 Å². The van der Waals surface area contributed by atoms with Gasteiger partial charge in [-0.25, -0.2) is 13.4 Å². The summed E-state index contributed by atoms with van der Waals surface area (Å²) in [7, 11) is -0.183. The first-order valence-electron chi connectivity index (χ1n) is 9.84.